The van der Waals surface area contributed by atoms with Crippen LogP contribution in [0, 0.1) is 13.8 Å². The molecule has 0 radical (unpaired) electrons. The number of aromatic nitrogens is 2. The minimum absolute atomic E-state index is 0.145. The number of benzene rings is 1. The van der Waals surface area contributed by atoms with Gasteiger partial charge in [-0.1, -0.05) is 11.6 Å². The third kappa shape index (κ3) is 4.21. The Morgan fingerprint density at radius 1 is 1.19 bits per heavy atom. The molecule has 2 heterocycles. The average Bonchev–Trinajstić information content (AvgIpc) is 3.06. The zero-order chi connectivity index (χ0) is 18.7. The molecule has 3 rings (SSSR count). The van der Waals surface area contributed by atoms with Gasteiger partial charge >= 0.3 is 5.69 Å². The van der Waals surface area contributed by atoms with E-state index in [1.54, 1.807) is 26.0 Å². The van der Waals surface area contributed by atoms with E-state index in [0.717, 1.165) is 11.1 Å². The van der Waals surface area contributed by atoms with Crippen LogP contribution in [-0.4, -0.2) is 15.9 Å². The number of halogens is 1. The van der Waals surface area contributed by atoms with Gasteiger partial charge in [-0.2, -0.15) is 4.98 Å². The van der Waals surface area contributed by atoms with Crippen LogP contribution in [0.1, 0.15) is 22.7 Å². The summed E-state index contributed by atoms with van der Waals surface area (Å²) in [5.41, 5.74) is 2.44. The molecule has 6 nitrogen and oxygen atoms in total. The standard InChI is InChI=1S/C19H18ClN3O3/c1-11-16(12(2)23-19(25)22-11)9-18(24)21-10-15-7-8-17(26-15)13-3-5-14(20)6-4-13/h3-8H,9-10H2,1-2H3,(H,21,24)(H,22,23,25). The van der Waals surface area contributed by atoms with Gasteiger partial charge in [0, 0.05) is 27.5 Å². The lowest BCUT2D eigenvalue weighted by molar-refractivity contribution is -0.120. The van der Waals surface area contributed by atoms with Gasteiger partial charge in [-0.05, 0) is 50.2 Å². The zero-order valence-electron chi connectivity index (χ0n) is 14.4. The molecule has 0 saturated carbocycles. The lowest BCUT2D eigenvalue weighted by atomic mass is 10.1. The Kier molecular flexibility index (Phi) is 5.23. The van der Waals surface area contributed by atoms with Crippen molar-refractivity contribution in [2.45, 2.75) is 26.8 Å². The van der Waals surface area contributed by atoms with Crippen molar-refractivity contribution >= 4 is 17.5 Å². The quantitative estimate of drug-likeness (QED) is 0.721. The van der Waals surface area contributed by atoms with Crippen LogP contribution in [0.4, 0.5) is 0 Å². The fraction of sp³-hybridized carbons (Fsp3) is 0.211. The minimum atomic E-state index is -0.408. The van der Waals surface area contributed by atoms with E-state index in [-0.39, 0.29) is 18.9 Å². The van der Waals surface area contributed by atoms with Crippen molar-refractivity contribution in [1.29, 1.82) is 0 Å². The van der Waals surface area contributed by atoms with E-state index in [4.69, 9.17) is 16.0 Å². The van der Waals surface area contributed by atoms with E-state index in [1.807, 2.05) is 24.3 Å². The highest BCUT2D eigenvalue weighted by Gasteiger charge is 2.12. The van der Waals surface area contributed by atoms with Gasteiger partial charge in [0.15, 0.2) is 0 Å². The molecule has 0 aliphatic carbocycles. The maximum Gasteiger partial charge on any atom is 0.345 e. The smallest absolute Gasteiger partial charge is 0.345 e. The summed E-state index contributed by atoms with van der Waals surface area (Å²) >= 11 is 5.88. The molecule has 2 N–H and O–H groups in total. The van der Waals surface area contributed by atoms with E-state index in [1.165, 1.54) is 0 Å². The lowest BCUT2D eigenvalue weighted by Gasteiger charge is -2.08. The van der Waals surface area contributed by atoms with E-state index in [2.05, 4.69) is 15.3 Å². The van der Waals surface area contributed by atoms with Crippen LogP contribution < -0.4 is 11.0 Å². The summed E-state index contributed by atoms with van der Waals surface area (Å²) in [6, 6.07) is 11.0. The van der Waals surface area contributed by atoms with Gasteiger partial charge in [0.1, 0.15) is 11.5 Å². The number of nitrogens with zero attached hydrogens (tertiary/aromatic N) is 1. The first-order valence-electron chi connectivity index (χ1n) is 8.10. The Morgan fingerprint density at radius 2 is 1.92 bits per heavy atom. The number of carbonyl (C=O) groups is 1. The van der Waals surface area contributed by atoms with Crippen LogP contribution in [0.5, 0.6) is 0 Å². The van der Waals surface area contributed by atoms with E-state index in [9.17, 15) is 9.59 Å². The second-order valence-corrected chi connectivity index (χ2v) is 6.39. The Bertz CT molecular complexity index is 964. The molecule has 0 aliphatic heterocycles. The lowest BCUT2D eigenvalue weighted by Crippen LogP contribution is -2.26. The van der Waals surface area contributed by atoms with Crippen LogP contribution >= 0.6 is 11.6 Å². The molecule has 0 aliphatic rings. The first kappa shape index (κ1) is 17.9. The third-order valence-electron chi connectivity index (χ3n) is 4.04. The maximum absolute atomic E-state index is 12.2. The van der Waals surface area contributed by atoms with Crippen molar-refractivity contribution in [3.63, 3.8) is 0 Å². The molecule has 1 aromatic carbocycles. The molecule has 0 spiro atoms. The fourth-order valence-corrected chi connectivity index (χ4v) is 2.79. The van der Waals surface area contributed by atoms with Crippen LogP contribution in [0.25, 0.3) is 11.3 Å². The summed E-state index contributed by atoms with van der Waals surface area (Å²) < 4.78 is 5.76. The summed E-state index contributed by atoms with van der Waals surface area (Å²) in [5.74, 6) is 1.19. The topological polar surface area (TPSA) is 88.0 Å². The summed E-state index contributed by atoms with van der Waals surface area (Å²) in [7, 11) is 0. The summed E-state index contributed by atoms with van der Waals surface area (Å²) in [6.45, 7) is 3.75. The number of hydrogen-bond donors (Lipinski definition) is 2. The molecule has 0 fully saturated rings. The molecular weight excluding hydrogens is 354 g/mol. The van der Waals surface area contributed by atoms with Gasteiger partial charge in [0.25, 0.3) is 0 Å². The second kappa shape index (κ2) is 7.58. The number of furan rings is 1. The predicted octanol–water partition coefficient (Wildman–Crippen LogP) is 3.16. The van der Waals surface area contributed by atoms with Gasteiger partial charge in [0.2, 0.25) is 5.91 Å². The summed E-state index contributed by atoms with van der Waals surface area (Å²) in [5, 5.41) is 3.48. The van der Waals surface area contributed by atoms with E-state index < -0.39 is 5.69 Å². The van der Waals surface area contributed by atoms with Gasteiger partial charge < -0.3 is 14.7 Å². The SMILES string of the molecule is Cc1nc(=O)[nH]c(C)c1CC(=O)NCc1ccc(-c2ccc(Cl)cc2)o1. The fourth-order valence-electron chi connectivity index (χ4n) is 2.67. The molecule has 26 heavy (non-hydrogen) atoms. The first-order valence-corrected chi connectivity index (χ1v) is 8.48. The minimum Gasteiger partial charge on any atom is -0.459 e. The molecule has 3 aromatic rings. The van der Waals surface area contributed by atoms with Gasteiger partial charge in [-0.15, -0.1) is 0 Å². The maximum atomic E-state index is 12.2. The molecule has 0 saturated heterocycles. The van der Waals surface area contributed by atoms with Crippen molar-refractivity contribution in [3.8, 4) is 11.3 Å². The van der Waals surface area contributed by atoms with Crippen molar-refractivity contribution < 1.29 is 9.21 Å². The second-order valence-electron chi connectivity index (χ2n) is 5.96. The number of hydrogen-bond acceptors (Lipinski definition) is 4. The van der Waals surface area contributed by atoms with Crippen LogP contribution in [0.2, 0.25) is 5.02 Å². The molecule has 2 aromatic heterocycles. The highest BCUT2D eigenvalue weighted by atomic mass is 35.5. The number of carbonyl (C=O) groups excluding carboxylic acids is 1. The van der Waals surface area contributed by atoms with Crippen molar-refractivity contribution in [2.75, 3.05) is 0 Å². The number of aryl methyl sites for hydroxylation is 2. The molecule has 0 unspecified atom stereocenters. The Labute approximate surface area is 155 Å². The number of rotatable bonds is 5. The number of amides is 1. The predicted molar refractivity (Wildman–Crippen MR) is 99.0 cm³/mol. The monoisotopic (exact) mass is 371 g/mol. The van der Waals surface area contributed by atoms with Gasteiger partial charge in [0.05, 0.1) is 13.0 Å². The van der Waals surface area contributed by atoms with E-state index in [0.29, 0.717) is 27.9 Å². The van der Waals surface area contributed by atoms with Crippen molar-refractivity contribution in [2.24, 2.45) is 0 Å². The Hall–Kier alpha value is -2.86. The molecule has 0 atom stereocenters. The average molecular weight is 372 g/mol. The third-order valence-corrected chi connectivity index (χ3v) is 4.29. The molecule has 134 valence electrons. The normalized spacial score (nSPS) is 10.7. The molecule has 1 amide bonds. The van der Waals surface area contributed by atoms with Gasteiger partial charge in [-0.3, -0.25) is 4.79 Å². The first-order chi connectivity index (χ1) is 12.4. The molecular formula is C19H18ClN3O3. The zero-order valence-corrected chi connectivity index (χ0v) is 15.2. The Balaban J connectivity index is 1.62. The van der Waals surface area contributed by atoms with Crippen LogP contribution in [0.15, 0.2) is 45.6 Å². The summed E-state index contributed by atoms with van der Waals surface area (Å²) in [6.07, 6.45) is 0.145. The summed E-state index contributed by atoms with van der Waals surface area (Å²) in [4.78, 5) is 30.0. The van der Waals surface area contributed by atoms with Crippen LogP contribution in [-0.2, 0) is 17.8 Å². The number of aromatic amines is 1. The largest absolute Gasteiger partial charge is 0.459 e. The van der Waals surface area contributed by atoms with Crippen LogP contribution in [0.3, 0.4) is 0 Å². The Morgan fingerprint density at radius 3 is 2.62 bits per heavy atom. The molecule has 0 bridgehead atoms. The number of nitrogens with one attached hydrogen (secondary N) is 2. The highest BCUT2D eigenvalue weighted by molar-refractivity contribution is 6.30. The van der Waals surface area contributed by atoms with Crippen molar-refractivity contribution in [3.05, 3.63) is 74.6 Å². The van der Waals surface area contributed by atoms with E-state index >= 15 is 0 Å². The molecule has 7 heteroatoms. The number of H-pyrrole nitrogens is 1. The van der Waals surface area contributed by atoms with Crippen molar-refractivity contribution in [1.82, 2.24) is 15.3 Å². The highest BCUT2D eigenvalue weighted by Crippen LogP contribution is 2.23. The van der Waals surface area contributed by atoms with Gasteiger partial charge in [-0.25, -0.2) is 4.79 Å².